The van der Waals surface area contributed by atoms with Gasteiger partial charge in [0.25, 0.3) is 5.91 Å². The van der Waals surface area contributed by atoms with Gasteiger partial charge in [-0.15, -0.1) is 0 Å². The molecule has 0 aliphatic heterocycles. The molecule has 4 nitrogen and oxygen atoms in total. The molecule has 110 valence electrons. The standard InChI is InChI=1S/C17H20N2O2/c20-7-1-2-12-4-6-16(18-10-12)17(21)19-11-15-9-13-3-5-14(15)8-13/h4,6,10,13-15,20H,3,5,7-9,11H2,(H,19,21). The summed E-state index contributed by atoms with van der Waals surface area (Å²) in [6.07, 6.45) is 6.91. The number of hydrogen-bond acceptors (Lipinski definition) is 3. The Bertz CT molecular complexity index is 571. The second-order valence-electron chi connectivity index (χ2n) is 6.04. The highest BCUT2D eigenvalue weighted by atomic mass is 16.2. The topological polar surface area (TPSA) is 62.2 Å². The summed E-state index contributed by atoms with van der Waals surface area (Å²) in [4.78, 5) is 16.2. The summed E-state index contributed by atoms with van der Waals surface area (Å²) in [5.41, 5.74) is 1.13. The van der Waals surface area contributed by atoms with E-state index in [9.17, 15) is 4.79 Å². The maximum Gasteiger partial charge on any atom is 0.269 e. The molecule has 2 N–H and O–H groups in total. The minimum Gasteiger partial charge on any atom is -0.384 e. The second-order valence-corrected chi connectivity index (χ2v) is 6.04. The Morgan fingerprint density at radius 1 is 1.38 bits per heavy atom. The van der Waals surface area contributed by atoms with E-state index in [0.29, 0.717) is 17.2 Å². The number of aliphatic hydroxyl groups is 1. The van der Waals surface area contributed by atoms with E-state index in [1.807, 2.05) is 0 Å². The minimum atomic E-state index is -0.175. The third-order valence-corrected chi connectivity index (χ3v) is 4.72. The number of rotatable bonds is 3. The van der Waals surface area contributed by atoms with Crippen molar-refractivity contribution in [2.75, 3.05) is 13.2 Å². The van der Waals surface area contributed by atoms with E-state index in [2.05, 4.69) is 22.1 Å². The number of nitrogens with zero attached hydrogens (tertiary/aromatic N) is 1. The van der Waals surface area contributed by atoms with Gasteiger partial charge in [0.05, 0.1) is 0 Å². The fraction of sp³-hybridized carbons (Fsp3) is 0.529. The maximum atomic E-state index is 12.1. The van der Waals surface area contributed by atoms with Gasteiger partial charge in [-0.3, -0.25) is 4.79 Å². The Morgan fingerprint density at radius 3 is 2.90 bits per heavy atom. The molecule has 3 unspecified atom stereocenters. The van der Waals surface area contributed by atoms with Crippen molar-refractivity contribution in [3.63, 3.8) is 0 Å². The van der Waals surface area contributed by atoms with Crippen LogP contribution < -0.4 is 5.32 Å². The van der Waals surface area contributed by atoms with E-state index in [-0.39, 0.29) is 12.5 Å². The van der Waals surface area contributed by atoms with Gasteiger partial charge in [0.2, 0.25) is 0 Å². The molecule has 2 bridgehead atoms. The Balaban J connectivity index is 1.53. The van der Waals surface area contributed by atoms with Crippen molar-refractivity contribution >= 4 is 5.91 Å². The van der Waals surface area contributed by atoms with Crippen LogP contribution in [-0.2, 0) is 0 Å². The molecule has 2 fully saturated rings. The van der Waals surface area contributed by atoms with Gasteiger partial charge in [-0.1, -0.05) is 18.3 Å². The number of carbonyl (C=O) groups is 1. The molecule has 0 aromatic carbocycles. The van der Waals surface area contributed by atoms with Crippen LogP contribution in [0.1, 0.15) is 41.7 Å². The maximum absolute atomic E-state index is 12.1. The molecule has 4 heteroatoms. The summed E-state index contributed by atoms with van der Waals surface area (Å²) in [6, 6.07) is 3.43. The van der Waals surface area contributed by atoms with Gasteiger partial charge in [-0.05, 0) is 49.1 Å². The number of fused-ring (bicyclic) bond motifs is 2. The number of amides is 1. The highest BCUT2D eigenvalue weighted by Gasteiger charge is 2.39. The normalized spacial score (nSPS) is 26.2. The number of hydrogen-bond donors (Lipinski definition) is 2. The van der Waals surface area contributed by atoms with Gasteiger partial charge in [0, 0.05) is 18.3 Å². The van der Waals surface area contributed by atoms with Crippen molar-refractivity contribution in [2.24, 2.45) is 17.8 Å². The van der Waals surface area contributed by atoms with Crippen LogP contribution in [0.15, 0.2) is 18.3 Å². The van der Waals surface area contributed by atoms with E-state index in [1.54, 1.807) is 18.3 Å². The van der Waals surface area contributed by atoms with Crippen molar-refractivity contribution in [2.45, 2.75) is 25.7 Å². The predicted octanol–water partition coefficient (Wildman–Crippen LogP) is 1.59. The lowest BCUT2D eigenvalue weighted by Gasteiger charge is -2.21. The van der Waals surface area contributed by atoms with Crippen molar-refractivity contribution < 1.29 is 9.90 Å². The SMILES string of the molecule is O=C(NCC1CC2CCC1C2)c1ccc(C#CCO)cn1. The molecule has 0 saturated heterocycles. The molecular formula is C17H20N2O2. The van der Waals surface area contributed by atoms with Crippen molar-refractivity contribution in [3.8, 4) is 11.8 Å². The van der Waals surface area contributed by atoms with Crippen LogP contribution in [0.5, 0.6) is 0 Å². The fourth-order valence-corrected chi connectivity index (χ4v) is 3.68. The Labute approximate surface area is 125 Å². The van der Waals surface area contributed by atoms with E-state index in [1.165, 1.54) is 25.7 Å². The zero-order chi connectivity index (χ0) is 14.7. The molecule has 2 aliphatic carbocycles. The largest absolute Gasteiger partial charge is 0.384 e. The zero-order valence-electron chi connectivity index (χ0n) is 12.0. The second kappa shape index (κ2) is 6.28. The van der Waals surface area contributed by atoms with Crippen LogP contribution in [0, 0.1) is 29.6 Å². The molecular weight excluding hydrogens is 264 g/mol. The van der Waals surface area contributed by atoms with Gasteiger partial charge >= 0.3 is 0 Å². The van der Waals surface area contributed by atoms with E-state index in [4.69, 9.17) is 5.11 Å². The van der Waals surface area contributed by atoms with E-state index in [0.717, 1.165) is 18.4 Å². The Kier molecular flexibility index (Phi) is 4.21. The van der Waals surface area contributed by atoms with Gasteiger partial charge in [0.1, 0.15) is 12.3 Å². The highest BCUT2D eigenvalue weighted by Crippen LogP contribution is 2.47. The third-order valence-electron chi connectivity index (χ3n) is 4.72. The van der Waals surface area contributed by atoms with Crippen LogP contribution in [-0.4, -0.2) is 29.1 Å². The molecule has 2 aliphatic rings. The molecule has 1 amide bonds. The summed E-state index contributed by atoms with van der Waals surface area (Å²) in [7, 11) is 0. The van der Waals surface area contributed by atoms with E-state index >= 15 is 0 Å². The molecule has 1 aromatic heterocycles. The Morgan fingerprint density at radius 2 is 2.29 bits per heavy atom. The number of pyridine rings is 1. The molecule has 3 atom stereocenters. The molecule has 2 saturated carbocycles. The molecule has 0 spiro atoms. The summed E-state index contributed by atoms with van der Waals surface area (Å²) in [5, 5.41) is 11.6. The van der Waals surface area contributed by atoms with E-state index < -0.39 is 0 Å². The van der Waals surface area contributed by atoms with Crippen molar-refractivity contribution in [1.82, 2.24) is 10.3 Å². The first kappa shape index (κ1) is 14.1. The lowest BCUT2D eigenvalue weighted by Crippen LogP contribution is -2.32. The summed E-state index contributed by atoms with van der Waals surface area (Å²) in [5.74, 6) is 7.58. The first-order valence-electron chi connectivity index (χ1n) is 7.60. The summed E-state index contributed by atoms with van der Waals surface area (Å²) < 4.78 is 0. The van der Waals surface area contributed by atoms with Gasteiger partial charge in [-0.25, -0.2) is 4.98 Å². The number of aliphatic hydroxyl groups excluding tert-OH is 1. The van der Waals surface area contributed by atoms with Crippen molar-refractivity contribution in [3.05, 3.63) is 29.6 Å². The molecule has 1 heterocycles. The average Bonchev–Trinajstić information content (AvgIpc) is 3.14. The first-order chi connectivity index (χ1) is 10.3. The average molecular weight is 284 g/mol. The third kappa shape index (κ3) is 3.25. The number of carbonyl (C=O) groups excluding carboxylic acids is 1. The molecule has 0 radical (unpaired) electrons. The predicted molar refractivity (Wildman–Crippen MR) is 79.5 cm³/mol. The number of aromatic nitrogens is 1. The molecule has 21 heavy (non-hydrogen) atoms. The van der Waals surface area contributed by atoms with Crippen LogP contribution in [0.3, 0.4) is 0 Å². The van der Waals surface area contributed by atoms with Crippen LogP contribution in [0.4, 0.5) is 0 Å². The minimum absolute atomic E-state index is 0.112. The van der Waals surface area contributed by atoms with Crippen LogP contribution in [0.25, 0.3) is 0 Å². The molecule has 1 aromatic rings. The Hall–Kier alpha value is -1.86. The van der Waals surface area contributed by atoms with Gasteiger partial charge in [0.15, 0.2) is 0 Å². The fourth-order valence-electron chi connectivity index (χ4n) is 3.68. The molecule has 3 rings (SSSR count). The lowest BCUT2D eigenvalue weighted by atomic mass is 9.89. The van der Waals surface area contributed by atoms with Crippen LogP contribution in [0.2, 0.25) is 0 Å². The van der Waals surface area contributed by atoms with Gasteiger partial charge < -0.3 is 10.4 Å². The zero-order valence-corrected chi connectivity index (χ0v) is 12.0. The summed E-state index contributed by atoms with van der Waals surface area (Å²) in [6.45, 7) is 0.597. The summed E-state index contributed by atoms with van der Waals surface area (Å²) >= 11 is 0. The monoisotopic (exact) mass is 284 g/mol. The number of nitrogens with one attached hydrogen (secondary N) is 1. The van der Waals surface area contributed by atoms with Crippen molar-refractivity contribution in [1.29, 1.82) is 0 Å². The van der Waals surface area contributed by atoms with Crippen LogP contribution >= 0.6 is 0 Å². The highest BCUT2D eigenvalue weighted by molar-refractivity contribution is 5.92. The quantitative estimate of drug-likeness (QED) is 0.829. The smallest absolute Gasteiger partial charge is 0.269 e. The van der Waals surface area contributed by atoms with Gasteiger partial charge in [-0.2, -0.15) is 0 Å². The first-order valence-corrected chi connectivity index (χ1v) is 7.60. The lowest BCUT2D eigenvalue weighted by molar-refractivity contribution is 0.0937.